The molecular formula is C18H20N4O. The van der Waals surface area contributed by atoms with Gasteiger partial charge in [-0.25, -0.2) is 9.97 Å². The third-order valence-electron chi connectivity index (χ3n) is 5.16. The number of nitrogens with two attached hydrogens (primary N) is 1. The van der Waals surface area contributed by atoms with Crippen LogP contribution < -0.4 is 5.73 Å². The Morgan fingerprint density at radius 2 is 2.13 bits per heavy atom. The SMILES string of the molecule is Cc1cccc(C(=O)N2C[C@H]3C[C@H]3[C@H]2CN)c1-c1cncnc1. The van der Waals surface area contributed by atoms with Gasteiger partial charge in [0.05, 0.1) is 0 Å². The molecule has 5 heteroatoms. The van der Waals surface area contributed by atoms with Gasteiger partial charge in [-0.3, -0.25) is 4.79 Å². The van der Waals surface area contributed by atoms with E-state index in [-0.39, 0.29) is 11.9 Å². The standard InChI is InChI=1S/C18H20N4O/c1-11-3-2-4-14(17(11)13-7-20-10-21-8-13)18(23)22-9-12-5-15(12)16(22)6-19/h2-4,7-8,10,12,15-16H,5-6,9,19H2,1H3/t12-,15-,16-/m1/s1. The molecule has 23 heavy (non-hydrogen) atoms. The van der Waals surface area contributed by atoms with Crippen LogP contribution >= 0.6 is 0 Å². The van der Waals surface area contributed by atoms with E-state index in [0.717, 1.165) is 28.8 Å². The number of hydrogen-bond donors (Lipinski definition) is 1. The number of benzene rings is 1. The molecule has 0 spiro atoms. The van der Waals surface area contributed by atoms with Gasteiger partial charge in [0.25, 0.3) is 5.91 Å². The second-order valence-electron chi connectivity index (χ2n) is 6.54. The Balaban J connectivity index is 1.75. The second-order valence-corrected chi connectivity index (χ2v) is 6.54. The van der Waals surface area contributed by atoms with Gasteiger partial charge in [0, 0.05) is 48.2 Å². The molecule has 2 heterocycles. The Bertz CT molecular complexity index is 746. The molecule has 2 aromatic rings. The van der Waals surface area contributed by atoms with E-state index in [4.69, 9.17) is 5.73 Å². The van der Waals surface area contributed by atoms with Crippen LogP contribution in [0.2, 0.25) is 0 Å². The summed E-state index contributed by atoms with van der Waals surface area (Å²) in [6.07, 6.45) is 6.24. The number of carbonyl (C=O) groups excluding carboxylic acids is 1. The Labute approximate surface area is 135 Å². The van der Waals surface area contributed by atoms with Crippen LogP contribution in [0, 0.1) is 18.8 Å². The summed E-state index contributed by atoms with van der Waals surface area (Å²) < 4.78 is 0. The van der Waals surface area contributed by atoms with Crippen LogP contribution in [0.25, 0.3) is 11.1 Å². The van der Waals surface area contributed by atoms with Crippen molar-refractivity contribution in [3.8, 4) is 11.1 Å². The maximum absolute atomic E-state index is 13.2. The highest BCUT2D eigenvalue weighted by Gasteiger charge is 2.53. The number of likely N-dealkylation sites (tertiary alicyclic amines) is 1. The first kappa shape index (κ1) is 14.3. The third-order valence-corrected chi connectivity index (χ3v) is 5.16. The molecule has 2 N–H and O–H groups in total. The minimum absolute atomic E-state index is 0.0789. The van der Waals surface area contributed by atoms with Crippen LogP contribution in [-0.4, -0.2) is 39.9 Å². The van der Waals surface area contributed by atoms with E-state index in [1.807, 2.05) is 30.0 Å². The Kier molecular flexibility index (Phi) is 3.38. The fourth-order valence-electron chi connectivity index (χ4n) is 3.92. The fourth-order valence-corrected chi connectivity index (χ4v) is 3.92. The van der Waals surface area contributed by atoms with Gasteiger partial charge in [-0.05, 0) is 36.8 Å². The molecule has 1 aromatic carbocycles. The molecule has 0 bridgehead atoms. The maximum atomic E-state index is 13.2. The van der Waals surface area contributed by atoms with Gasteiger partial charge >= 0.3 is 0 Å². The van der Waals surface area contributed by atoms with Gasteiger partial charge in [-0.15, -0.1) is 0 Å². The van der Waals surface area contributed by atoms with Crippen LogP contribution in [0.1, 0.15) is 22.3 Å². The van der Waals surface area contributed by atoms with Crippen LogP contribution in [0.15, 0.2) is 36.9 Å². The molecule has 1 aliphatic carbocycles. The molecule has 1 saturated carbocycles. The number of aromatic nitrogens is 2. The highest BCUT2D eigenvalue weighted by atomic mass is 16.2. The number of piperidine rings is 1. The zero-order valence-electron chi connectivity index (χ0n) is 13.1. The van der Waals surface area contributed by atoms with Gasteiger partial charge in [0.2, 0.25) is 0 Å². The van der Waals surface area contributed by atoms with Gasteiger partial charge in [-0.1, -0.05) is 12.1 Å². The normalized spacial score (nSPS) is 25.3. The molecule has 1 aromatic heterocycles. The molecule has 2 fully saturated rings. The summed E-state index contributed by atoms with van der Waals surface area (Å²) in [4.78, 5) is 23.3. The molecule has 118 valence electrons. The van der Waals surface area contributed by atoms with Crippen molar-refractivity contribution in [1.29, 1.82) is 0 Å². The molecule has 3 atom stereocenters. The van der Waals surface area contributed by atoms with E-state index in [1.165, 1.54) is 12.7 Å². The van der Waals surface area contributed by atoms with Crippen molar-refractivity contribution >= 4 is 5.91 Å². The van der Waals surface area contributed by atoms with E-state index in [9.17, 15) is 4.79 Å². The average Bonchev–Trinajstić information content (AvgIpc) is 3.25. The lowest BCUT2D eigenvalue weighted by Gasteiger charge is -2.27. The summed E-state index contributed by atoms with van der Waals surface area (Å²) in [5, 5.41) is 0. The number of rotatable bonds is 3. The van der Waals surface area contributed by atoms with E-state index in [1.54, 1.807) is 12.4 Å². The summed E-state index contributed by atoms with van der Waals surface area (Å²) in [5.41, 5.74) is 9.50. The summed E-state index contributed by atoms with van der Waals surface area (Å²) in [5.74, 6) is 1.34. The van der Waals surface area contributed by atoms with Crippen molar-refractivity contribution in [3.63, 3.8) is 0 Å². The fraction of sp³-hybridized carbons (Fsp3) is 0.389. The van der Waals surface area contributed by atoms with Crippen molar-refractivity contribution in [2.24, 2.45) is 17.6 Å². The Morgan fingerprint density at radius 3 is 2.87 bits per heavy atom. The minimum Gasteiger partial charge on any atom is -0.334 e. The average molecular weight is 308 g/mol. The van der Waals surface area contributed by atoms with Gasteiger partial charge in [-0.2, -0.15) is 0 Å². The number of nitrogens with zero attached hydrogens (tertiary/aromatic N) is 3. The summed E-state index contributed by atoms with van der Waals surface area (Å²) in [6, 6.07) is 6.04. The van der Waals surface area contributed by atoms with Gasteiger partial charge in [0.15, 0.2) is 0 Å². The number of fused-ring (bicyclic) bond motifs is 1. The molecule has 1 amide bonds. The van der Waals surface area contributed by atoms with E-state index in [0.29, 0.717) is 18.4 Å². The smallest absolute Gasteiger partial charge is 0.254 e. The van der Waals surface area contributed by atoms with Crippen molar-refractivity contribution in [2.75, 3.05) is 13.1 Å². The highest BCUT2D eigenvalue weighted by molar-refractivity contribution is 6.02. The molecule has 1 saturated heterocycles. The van der Waals surface area contributed by atoms with E-state index >= 15 is 0 Å². The lowest BCUT2D eigenvalue weighted by Crippen LogP contribution is -2.43. The van der Waals surface area contributed by atoms with Crippen molar-refractivity contribution in [1.82, 2.24) is 14.9 Å². The predicted molar refractivity (Wildman–Crippen MR) is 87.7 cm³/mol. The highest BCUT2D eigenvalue weighted by Crippen LogP contribution is 2.49. The third kappa shape index (κ3) is 2.32. The van der Waals surface area contributed by atoms with Crippen molar-refractivity contribution < 1.29 is 4.79 Å². The quantitative estimate of drug-likeness (QED) is 0.939. The van der Waals surface area contributed by atoms with Crippen LogP contribution in [0.3, 0.4) is 0 Å². The molecule has 4 rings (SSSR count). The molecular weight excluding hydrogens is 288 g/mol. The second kappa shape index (κ2) is 5.42. The summed E-state index contributed by atoms with van der Waals surface area (Å²) in [6.45, 7) is 3.40. The molecule has 2 aliphatic rings. The first-order valence-corrected chi connectivity index (χ1v) is 8.06. The van der Waals surface area contributed by atoms with Crippen LogP contribution in [0.5, 0.6) is 0 Å². The zero-order chi connectivity index (χ0) is 16.0. The minimum atomic E-state index is 0.0789. The largest absolute Gasteiger partial charge is 0.334 e. The molecule has 0 unspecified atom stereocenters. The van der Waals surface area contributed by atoms with Gasteiger partial charge in [0.1, 0.15) is 6.33 Å². The number of carbonyl (C=O) groups is 1. The van der Waals surface area contributed by atoms with Crippen molar-refractivity contribution in [3.05, 3.63) is 48.0 Å². The number of aryl methyl sites for hydroxylation is 1. The predicted octanol–water partition coefficient (Wildman–Crippen LogP) is 1.87. The monoisotopic (exact) mass is 308 g/mol. The topological polar surface area (TPSA) is 72.1 Å². The van der Waals surface area contributed by atoms with Gasteiger partial charge < -0.3 is 10.6 Å². The molecule has 1 aliphatic heterocycles. The van der Waals surface area contributed by atoms with Crippen molar-refractivity contribution in [2.45, 2.75) is 19.4 Å². The van der Waals surface area contributed by atoms with E-state index < -0.39 is 0 Å². The first-order valence-electron chi connectivity index (χ1n) is 8.06. The van der Waals surface area contributed by atoms with Crippen LogP contribution in [0.4, 0.5) is 0 Å². The Morgan fingerprint density at radius 1 is 1.35 bits per heavy atom. The lowest BCUT2D eigenvalue weighted by atomic mass is 9.95. The number of hydrogen-bond acceptors (Lipinski definition) is 4. The lowest BCUT2D eigenvalue weighted by molar-refractivity contribution is 0.0713. The zero-order valence-corrected chi connectivity index (χ0v) is 13.1. The maximum Gasteiger partial charge on any atom is 0.254 e. The van der Waals surface area contributed by atoms with Crippen LogP contribution in [-0.2, 0) is 0 Å². The first-order chi connectivity index (χ1) is 11.2. The summed E-state index contributed by atoms with van der Waals surface area (Å²) in [7, 11) is 0. The molecule has 5 nitrogen and oxygen atoms in total. The summed E-state index contributed by atoms with van der Waals surface area (Å²) >= 11 is 0. The molecule has 0 radical (unpaired) electrons. The van der Waals surface area contributed by atoms with E-state index in [2.05, 4.69) is 9.97 Å². The Hall–Kier alpha value is -2.27. The number of amides is 1.